The van der Waals surface area contributed by atoms with E-state index in [0.717, 1.165) is 70.6 Å². The van der Waals surface area contributed by atoms with Crippen LogP contribution in [-0.4, -0.2) is 74.9 Å². The minimum Gasteiger partial charge on any atom is -0.462 e. The number of rotatable bonds is 36. The minimum absolute atomic E-state index is 0.0209. The summed E-state index contributed by atoms with van der Waals surface area (Å²) in [5.41, 5.74) is 0. The van der Waals surface area contributed by atoms with Crippen molar-refractivity contribution < 1.29 is 42.1 Å². The van der Waals surface area contributed by atoms with Gasteiger partial charge in [-0.1, -0.05) is 120 Å². The zero-order valence-corrected chi connectivity index (χ0v) is 35.1. The molecule has 0 spiro atoms. The fourth-order valence-corrected chi connectivity index (χ4v) is 5.80. The van der Waals surface area contributed by atoms with Gasteiger partial charge in [0.05, 0.1) is 27.7 Å². The van der Waals surface area contributed by atoms with Gasteiger partial charge in [-0.05, 0) is 77.0 Å². The Morgan fingerprint density at radius 1 is 0.604 bits per heavy atom. The number of allylic oxidation sites excluding steroid dienone is 10. The molecule has 1 N–H and O–H groups in total. The number of phosphoric acid groups is 1. The molecule has 306 valence electrons. The number of likely N-dealkylation sites (N-methyl/N-ethyl adjacent to an activating group) is 1. The molecule has 0 aliphatic heterocycles. The Morgan fingerprint density at radius 2 is 1.08 bits per heavy atom. The SMILES string of the molecule is CC/C=C\C/C=C\C/C=C\C/C=C\CCCCC(=O)OC[C@H](COP(=O)(O)OCC[N+](C)(C)C)OC(=O)CCCCCCC/C=C\CCCCCCC. The van der Waals surface area contributed by atoms with Gasteiger partial charge in [-0.2, -0.15) is 0 Å². The second kappa shape index (κ2) is 35.4. The van der Waals surface area contributed by atoms with Crippen LogP contribution in [0.25, 0.3) is 0 Å². The third-order valence-electron chi connectivity index (χ3n) is 8.28. The summed E-state index contributed by atoms with van der Waals surface area (Å²) in [6.45, 7) is 4.22. The summed E-state index contributed by atoms with van der Waals surface area (Å²) in [5, 5.41) is 0. The van der Waals surface area contributed by atoms with Gasteiger partial charge in [0.2, 0.25) is 0 Å². The molecular formula is C43H77NO8P+. The van der Waals surface area contributed by atoms with Crippen molar-refractivity contribution in [2.45, 2.75) is 155 Å². The van der Waals surface area contributed by atoms with Gasteiger partial charge in [0.1, 0.15) is 19.8 Å². The summed E-state index contributed by atoms with van der Waals surface area (Å²) < 4.78 is 34.2. The third-order valence-corrected chi connectivity index (χ3v) is 9.27. The highest BCUT2D eigenvalue weighted by Crippen LogP contribution is 2.43. The molecule has 0 aliphatic rings. The predicted molar refractivity (Wildman–Crippen MR) is 219 cm³/mol. The smallest absolute Gasteiger partial charge is 0.462 e. The van der Waals surface area contributed by atoms with Crippen LogP contribution in [0.3, 0.4) is 0 Å². The number of phosphoric ester groups is 1. The average molecular weight is 767 g/mol. The van der Waals surface area contributed by atoms with Crippen molar-refractivity contribution in [2.24, 2.45) is 0 Å². The van der Waals surface area contributed by atoms with Crippen LogP contribution in [0.5, 0.6) is 0 Å². The minimum atomic E-state index is -4.38. The Hall–Kier alpha value is -2.29. The largest absolute Gasteiger partial charge is 0.472 e. The van der Waals surface area contributed by atoms with Gasteiger partial charge in [0.15, 0.2) is 6.10 Å². The predicted octanol–water partition coefficient (Wildman–Crippen LogP) is 11.3. The van der Waals surface area contributed by atoms with Crippen LogP contribution >= 0.6 is 7.82 Å². The molecule has 0 radical (unpaired) electrons. The molecule has 0 bridgehead atoms. The van der Waals surface area contributed by atoms with E-state index in [9.17, 15) is 19.0 Å². The van der Waals surface area contributed by atoms with Crippen LogP contribution in [0, 0.1) is 0 Å². The molecule has 0 fully saturated rings. The van der Waals surface area contributed by atoms with E-state index in [0.29, 0.717) is 23.9 Å². The second-order valence-corrected chi connectivity index (χ2v) is 16.1. The van der Waals surface area contributed by atoms with Gasteiger partial charge >= 0.3 is 19.8 Å². The van der Waals surface area contributed by atoms with Crippen LogP contribution in [0.2, 0.25) is 0 Å². The summed E-state index contributed by atoms with van der Waals surface area (Å²) in [7, 11) is 1.44. The Bertz CT molecular complexity index is 1090. The molecule has 0 heterocycles. The molecule has 0 saturated carbocycles. The fraction of sp³-hybridized carbons (Fsp3) is 0.721. The van der Waals surface area contributed by atoms with Crippen LogP contribution in [0.1, 0.15) is 149 Å². The van der Waals surface area contributed by atoms with Gasteiger partial charge in [0.25, 0.3) is 0 Å². The summed E-state index contributed by atoms with van der Waals surface area (Å²) in [6, 6.07) is 0. The first-order valence-corrected chi connectivity index (χ1v) is 22.0. The van der Waals surface area contributed by atoms with E-state index in [4.69, 9.17) is 18.5 Å². The Kier molecular flexibility index (Phi) is 33.9. The number of unbranched alkanes of at least 4 members (excludes halogenated alkanes) is 12. The maximum Gasteiger partial charge on any atom is 0.472 e. The summed E-state index contributed by atoms with van der Waals surface area (Å²) in [5.74, 6) is -0.863. The van der Waals surface area contributed by atoms with E-state index >= 15 is 0 Å². The third kappa shape index (κ3) is 39.2. The number of esters is 2. The summed E-state index contributed by atoms with van der Waals surface area (Å²) >= 11 is 0. The van der Waals surface area contributed by atoms with Gasteiger partial charge in [-0.3, -0.25) is 18.6 Å². The van der Waals surface area contributed by atoms with Gasteiger partial charge in [0, 0.05) is 12.8 Å². The zero-order valence-electron chi connectivity index (χ0n) is 34.2. The Morgan fingerprint density at radius 3 is 1.66 bits per heavy atom. The van der Waals surface area contributed by atoms with Crippen LogP contribution in [0.4, 0.5) is 0 Å². The number of hydrogen-bond acceptors (Lipinski definition) is 7. The lowest BCUT2D eigenvalue weighted by Crippen LogP contribution is -2.37. The van der Waals surface area contributed by atoms with Crippen molar-refractivity contribution >= 4 is 19.8 Å². The van der Waals surface area contributed by atoms with Crippen LogP contribution in [0.15, 0.2) is 60.8 Å². The molecule has 10 heteroatoms. The average Bonchev–Trinajstić information content (AvgIpc) is 3.10. The molecule has 0 saturated heterocycles. The lowest BCUT2D eigenvalue weighted by molar-refractivity contribution is -0.870. The molecule has 0 aromatic rings. The Labute approximate surface area is 324 Å². The number of carbonyl (C=O) groups excluding carboxylic acids is 2. The number of nitrogens with zero attached hydrogens (tertiary/aromatic N) is 1. The lowest BCUT2D eigenvalue weighted by Gasteiger charge is -2.24. The highest BCUT2D eigenvalue weighted by Gasteiger charge is 2.27. The fourth-order valence-electron chi connectivity index (χ4n) is 5.06. The summed E-state index contributed by atoms with van der Waals surface area (Å²) in [4.78, 5) is 35.2. The first kappa shape index (κ1) is 50.7. The van der Waals surface area contributed by atoms with Crippen molar-refractivity contribution in [3.63, 3.8) is 0 Å². The van der Waals surface area contributed by atoms with E-state index in [1.807, 2.05) is 21.1 Å². The van der Waals surface area contributed by atoms with E-state index in [-0.39, 0.29) is 26.1 Å². The van der Waals surface area contributed by atoms with Crippen molar-refractivity contribution in [1.29, 1.82) is 0 Å². The van der Waals surface area contributed by atoms with Crippen molar-refractivity contribution in [1.82, 2.24) is 0 Å². The maximum atomic E-state index is 12.6. The maximum absolute atomic E-state index is 12.6. The normalized spacial score (nSPS) is 14.3. The molecule has 0 aromatic carbocycles. The topological polar surface area (TPSA) is 108 Å². The molecular weight excluding hydrogens is 689 g/mol. The first-order chi connectivity index (χ1) is 25.5. The standard InChI is InChI=1S/C43H76NO8P/c1-6-8-10-12-14-16-18-20-22-24-25-27-29-31-33-35-42(45)49-39-41(40-51-53(47,48)50-38-37-44(3,4)5)52-43(46)36-34-32-30-28-26-23-21-19-17-15-13-11-9-7-2/h8,10,14,16,19-22,25,27,41H,6-7,9,11-13,15,17-18,23-24,26,28-40H2,1-5H3/p+1/b10-8-,16-14-,21-19-,22-20-,27-25-/t41-/m1/s1. The highest BCUT2D eigenvalue weighted by atomic mass is 31.2. The second-order valence-electron chi connectivity index (χ2n) is 14.6. The molecule has 9 nitrogen and oxygen atoms in total. The quantitative estimate of drug-likeness (QED) is 0.0221. The van der Waals surface area contributed by atoms with Crippen molar-refractivity contribution in [2.75, 3.05) is 47.5 Å². The number of ether oxygens (including phenoxy) is 2. The summed E-state index contributed by atoms with van der Waals surface area (Å²) in [6.07, 6.45) is 41.3. The lowest BCUT2D eigenvalue weighted by atomic mass is 10.1. The van der Waals surface area contributed by atoms with Crippen LogP contribution in [-0.2, 0) is 32.7 Å². The van der Waals surface area contributed by atoms with Crippen molar-refractivity contribution in [3.8, 4) is 0 Å². The molecule has 0 amide bonds. The monoisotopic (exact) mass is 767 g/mol. The molecule has 0 aromatic heterocycles. The van der Waals surface area contributed by atoms with E-state index in [1.54, 1.807) is 0 Å². The molecule has 0 aliphatic carbocycles. The highest BCUT2D eigenvalue weighted by molar-refractivity contribution is 7.47. The molecule has 1 unspecified atom stereocenters. The molecule has 0 rings (SSSR count). The van der Waals surface area contributed by atoms with E-state index < -0.39 is 32.5 Å². The number of hydrogen-bond donors (Lipinski definition) is 1. The Balaban J connectivity index is 4.50. The number of carbonyl (C=O) groups is 2. The first-order valence-electron chi connectivity index (χ1n) is 20.5. The molecule has 2 atom stereocenters. The van der Waals surface area contributed by atoms with Crippen molar-refractivity contribution in [3.05, 3.63) is 60.8 Å². The number of quaternary nitrogens is 1. The van der Waals surface area contributed by atoms with E-state index in [2.05, 4.69) is 74.6 Å². The van der Waals surface area contributed by atoms with Gasteiger partial charge < -0.3 is 18.9 Å². The molecule has 53 heavy (non-hydrogen) atoms. The zero-order chi connectivity index (χ0) is 39.3. The van der Waals surface area contributed by atoms with Gasteiger partial charge in [-0.25, -0.2) is 4.57 Å². The van der Waals surface area contributed by atoms with Gasteiger partial charge in [-0.15, -0.1) is 0 Å². The van der Waals surface area contributed by atoms with E-state index in [1.165, 1.54) is 38.5 Å². The van der Waals surface area contributed by atoms with Crippen LogP contribution < -0.4 is 0 Å².